The number of piperazine rings is 1. The van der Waals surface area contributed by atoms with Crippen molar-refractivity contribution in [3.05, 3.63) is 65.9 Å². The summed E-state index contributed by atoms with van der Waals surface area (Å²) in [6.07, 6.45) is 0. The Kier molecular flexibility index (Phi) is 5.37. The van der Waals surface area contributed by atoms with Gasteiger partial charge >= 0.3 is 0 Å². The number of aryl methyl sites for hydroxylation is 1. The molecule has 0 unspecified atom stereocenters. The second-order valence-corrected chi connectivity index (χ2v) is 7.04. The van der Waals surface area contributed by atoms with E-state index in [0.29, 0.717) is 31.7 Å². The van der Waals surface area contributed by atoms with Crippen LogP contribution in [0.15, 0.2) is 54.6 Å². The SMILES string of the molecule is Cc1nc2ccccc2nc1N1CCN(C(=O)CNC(=O)c2ccccc2)CC1. The molecule has 29 heavy (non-hydrogen) atoms. The van der Waals surface area contributed by atoms with E-state index in [1.807, 2.05) is 37.3 Å². The third-order valence-corrected chi connectivity index (χ3v) is 5.09. The van der Waals surface area contributed by atoms with Crippen molar-refractivity contribution in [2.75, 3.05) is 37.6 Å². The Hall–Kier alpha value is -3.48. The summed E-state index contributed by atoms with van der Waals surface area (Å²) in [5, 5.41) is 2.70. The van der Waals surface area contributed by atoms with Gasteiger partial charge in [-0.2, -0.15) is 0 Å². The van der Waals surface area contributed by atoms with E-state index in [2.05, 4.69) is 15.2 Å². The molecule has 0 spiro atoms. The summed E-state index contributed by atoms with van der Waals surface area (Å²) in [7, 11) is 0. The first-order chi connectivity index (χ1) is 14.1. The minimum atomic E-state index is -0.236. The van der Waals surface area contributed by atoms with Crippen LogP contribution in [0.5, 0.6) is 0 Å². The van der Waals surface area contributed by atoms with E-state index >= 15 is 0 Å². The molecule has 1 aliphatic rings. The van der Waals surface area contributed by atoms with Crippen LogP contribution in [0.1, 0.15) is 16.1 Å². The number of carbonyl (C=O) groups is 2. The van der Waals surface area contributed by atoms with E-state index in [-0.39, 0.29) is 18.4 Å². The summed E-state index contributed by atoms with van der Waals surface area (Å²) in [5.41, 5.74) is 3.20. The minimum Gasteiger partial charge on any atom is -0.352 e. The summed E-state index contributed by atoms with van der Waals surface area (Å²) >= 11 is 0. The van der Waals surface area contributed by atoms with Crippen molar-refractivity contribution in [1.29, 1.82) is 0 Å². The Morgan fingerprint density at radius 2 is 1.52 bits per heavy atom. The lowest BCUT2D eigenvalue weighted by molar-refractivity contribution is -0.130. The third-order valence-electron chi connectivity index (χ3n) is 5.09. The van der Waals surface area contributed by atoms with Crippen molar-refractivity contribution in [2.45, 2.75) is 6.92 Å². The first-order valence-corrected chi connectivity index (χ1v) is 9.71. The van der Waals surface area contributed by atoms with Crippen molar-refractivity contribution < 1.29 is 9.59 Å². The lowest BCUT2D eigenvalue weighted by Crippen LogP contribution is -2.51. The van der Waals surface area contributed by atoms with Crippen LogP contribution in [-0.2, 0) is 4.79 Å². The number of benzene rings is 2. The van der Waals surface area contributed by atoms with Gasteiger partial charge in [-0.15, -0.1) is 0 Å². The molecule has 1 fully saturated rings. The van der Waals surface area contributed by atoms with E-state index in [4.69, 9.17) is 4.98 Å². The molecule has 0 aliphatic carbocycles. The number of hydrogen-bond acceptors (Lipinski definition) is 5. The summed E-state index contributed by atoms with van der Waals surface area (Å²) < 4.78 is 0. The highest BCUT2D eigenvalue weighted by Crippen LogP contribution is 2.21. The van der Waals surface area contributed by atoms with E-state index < -0.39 is 0 Å². The highest BCUT2D eigenvalue weighted by atomic mass is 16.2. The summed E-state index contributed by atoms with van der Waals surface area (Å²) in [6, 6.07) is 16.7. The van der Waals surface area contributed by atoms with Crippen LogP contribution in [-0.4, -0.2) is 59.4 Å². The van der Waals surface area contributed by atoms with Crippen LogP contribution in [0.25, 0.3) is 11.0 Å². The molecule has 7 nitrogen and oxygen atoms in total. The molecule has 1 N–H and O–H groups in total. The molecule has 2 heterocycles. The maximum atomic E-state index is 12.5. The second kappa shape index (κ2) is 8.26. The molecule has 0 bridgehead atoms. The van der Waals surface area contributed by atoms with Gasteiger partial charge in [0, 0.05) is 31.7 Å². The fourth-order valence-corrected chi connectivity index (χ4v) is 3.51. The standard InChI is InChI=1S/C22H23N5O2/c1-16-21(25-19-10-6-5-9-18(19)24-16)27-13-11-26(12-14-27)20(28)15-23-22(29)17-7-3-2-4-8-17/h2-10H,11-15H2,1H3,(H,23,29). The fraction of sp³-hybridized carbons (Fsp3) is 0.273. The average Bonchev–Trinajstić information content (AvgIpc) is 2.77. The highest BCUT2D eigenvalue weighted by molar-refractivity contribution is 5.96. The second-order valence-electron chi connectivity index (χ2n) is 7.04. The van der Waals surface area contributed by atoms with E-state index in [1.54, 1.807) is 29.2 Å². The van der Waals surface area contributed by atoms with Crippen molar-refractivity contribution in [3.8, 4) is 0 Å². The third kappa shape index (κ3) is 4.18. The minimum absolute atomic E-state index is 0.00252. The maximum Gasteiger partial charge on any atom is 0.251 e. The number of rotatable bonds is 4. The Labute approximate surface area is 169 Å². The Morgan fingerprint density at radius 3 is 2.21 bits per heavy atom. The number of amides is 2. The van der Waals surface area contributed by atoms with Crippen molar-refractivity contribution >= 4 is 28.7 Å². The summed E-state index contributed by atoms with van der Waals surface area (Å²) in [5.74, 6) is 0.558. The van der Waals surface area contributed by atoms with Gasteiger partial charge in [0.2, 0.25) is 5.91 Å². The number of hydrogen-bond donors (Lipinski definition) is 1. The summed E-state index contributed by atoms with van der Waals surface area (Å²) in [6.45, 7) is 4.52. The molecule has 0 atom stereocenters. The van der Waals surface area contributed by atoms with Gasteiger partial charge in [-0.05, 0) is 31.2 Å². The van der Waals surface area contributed by atoms with Crippen LogP contribution >= 0.6 is 0 Å². The number of nitrogens with one attached hydrogen (secondary N) is 1. The molecule has 2 amide bonds. The lowest BCUT2D eigenvalue weighted by Gasteiger charge is -2.36. The molecular weight excluding hydrogens is 366 g/mol. The topological polar surface area (TPSA) is 78.4 Å². The number of nitrogens with zero attached hydrogens (tertiary/aromatic N) is 4. The van der Waals surface area contributed by atoms with Gasteiger partial charge in [-0.3, -0.25) is 9.59 Å². The molecule has 0 radical (unpaired) electrons. The number of aromatic nitrogens is 2. The van der Waals surface area contributed by atoms with Crippen molar-refractivity contribution in [3.63, 3.8) is 0 Å². The van der Waals surface area contributed by atoms with Crippen LogP contribution in [0, 0.1) is 6.92 Å². The molecule has 2 aromatic carbocycles. The first-order valence-electron chi connectivity index (χ1n) is 9.71. The van der Waals surface area contributed by atoms with Crippen LogP contribution in [0.3, 0.4) is 0 Å². The number of para-hydroxylation sites is 2. The van der Waals surface area contributed by atoms with E-state index in [0.717, 1.165) is 22.5 Å². The Morgan fingerprint density at radius 1 is 0.897 bits per heavy atom. The number of carbonyl (C=O) groups excluding carboxylic acids is 2. The zero-order chi connectivity index (χ0) is 20.2. The highest BCUT2D eigenvalue weighted by Gasteiger charge is 2.23. The van der Waals surface area contributed by atoms with E-state index in [9.17, 15) is 9.59 Å². The molecule has 148 valence electrons. The van der Waals surface area contributed by atoms with Gasteiger partial charge in [-0.1, -0.05) is 30.3 Å². The fourth-order valence-electron chi connectivity index (χ4n) is 3.51. The average molecular weight is 389 g/mol. The first kappa shape index (κ1) is 18.9. The monoisotopic (exact) mass is 389 g/mol. The van der Waals surface area contributed by atoms with Gasteiger partial charge in [-0.25, -0.2) is 9.97 Å². The molecule has 7 heteroatoms. The quantitative estimate of drug-likeness (QED) is 0.739. The zero-order valence-electron chi connectivity index (χ0n) is 16.3. The molecule has 1 saturated heterocycles. The Bertz CT molecular complexity index is 1030. The van der Waals surface area contributed by atoms with Crippen LogP contribution in [0.4, 0.5) is 5.82 Å². The predicted molar refractivity (Wildman–Crippen MR) is 112 cm³/mol. The van der Waals surface area contributed by atoms with Crippen LogP contribution < -0.4 is 10.2 Å². The Balaban J connectivity index is 1.34. The van der Waals surface area contributed by atoms with E-state index in [1.165, 1.54) is 0 Å². The van der Waals surface area contributed by atoms with Crippen molar-refractivity contribution in [2.24, 2.45) is 0 Å². The van der Waals surface area contributed by atoms with Gasteiger partial charge in [0.25, 0.3) is 5.91 Å². The molecule has 4 rings (SSSR count). The predicted octanol–water partition coefficient (Wildman–Crippen LogP) is 2.02. The molecule has 1 aliphatic heterocycles. The maximum absolute atomic E-state index is 12.5. The summed E-state index contributed by atoms with van der Waals surface area (Å²) in [4.78, 5) is 38.0. The molecule has 3 aromatic rings. The van der Waals surface area contributed by atoms with Gasteiger partial charge < -0.3 is 15.1 Å². The smallest absolute Gasteiger partial charge is 0.251 e. The van der Waals surface area contributed by atoms with Crippen molar-refractivity contribution in [1.82, 2.24) is 20.2 Å². The molecule has 0 saturated carbocycles. The van der Waals surface area contributed by atoms with Gasteiger partial charge in [0.15, 0.2) is 5.82 Å². The number of anilines is 1. The van der Waals surface area contributed by atoms with Gasteiger partial charge in [0.05, 0.1) is 23.3 Å². The normalized spacial score (nSPS) is 14.1. The lowest BCUT2D eigenvalue weighted by atomic mass is 10.2. The zero-order valence-corrected chi connectivity index (χ0v) is 16.3. The largest absolute Gasteiger partial charge is 0.352 e. The number of fused-ring (bicyclic) bond motifs is 1. The van der Waals surface area contributed by atoms with Crippen LogP contribution in [0.2, 0.25) is 0 Å². The molecule has 1 aromatic heterocycles. The van der Waals surface area contributed by atoms with Gasteiger partial charge in [0.1, 0.15) is 0 Å². The molecular formula is C22H23N5O2.